The molecule has 102 valence electrons. The summed E-state index contributed by atoms with van der Waals surface area (Å²) in [7, 11) is 0. The molecule has 0 spiro atoms. The molecule has 0 amide bonds. The van der Waals surface area contributed by atoms with Crippen LogP contribution in [0.3, 0.4) is 0 Å². The Bertz CT molecular complexity index is 270. The molecule has 0 bridgehead atoms. The first-order valence-corrected chi connectivity index (χ1v) is 5.34. The number of hydrogen-bond donors (Lipinski definition) is 1. The first kappa shape index (κ1) is 19.9. The Balaban J connectivity index is 0. The van der Waals surface area contributed by atoms with E-state index in [-0.39, 0.29) is 40.8 Å². The third kappa shape index (κ3) is 6.89. The molecule has 0 rings (SSSR count). The van der Waals surface area contributed by atoms with Crippen LogP contribution in [-0.4, -0.2) is 12.4 Å². The van der Waals surface area contributed by atoms with Gasteiger partial charge in [-0.2, -0.15) is 39.7 Å². The monoisotopic (exact) mass is 335 g/mol. The summed E-state index contributed by atoms with van der Waals surface area (Å²) in [4.78, 5) is -3.62. The number of allylic oxidation sites excluding steroid dienone is 2. The van der Waals surface area contributed by atoms with Crippen LogP contribution >= 0.6 is 24.4 Å². The number of alkyl halides is 6. The molecule has 0 atom stereocenters. The zero-order chi connectivity index (χ0) is 13.1. The maximum absolute atomic E-state index is 12.4. The van der Waals surface area contributed by atoms with Gasteiger partial charge in [0.05, 0.1) is 4.91 Å². The molecule has 0 saturated heterocycles. The predicted molar refractivity (Wildman–Crippen MR) is 54.9 cm³/mol. The van der Waals surface area contributed by atoms with Gasteiger partial charge in [-0.3, -0.25) is 5.25 Å². The van der Waals surface area contributed by atoms with E-state index in [1.54, 1.807) is 6.92 Å². The standard InChI is InChI=1S/C8H9F6S2.Cr/c1-3-4(2)16-6(8(12,13)14)5(15)7(9,10)11;/h15H,3H2,1-2H3;/q-1;/b6-5-;. The fraction of sp³-hybridized carbons (Fsp3) is 0.625. The van der Waals surface area contributed by atoms with E-state index in [1.807, 2.05) is 0 Å². The Labute approximate surface area is 116 Å². The molecule has 0 aromatic rings. The molecule has 0 aromatic carbocycles. The predicted octanol–water partition coefficient (Wildman–Crippen LogP) is 4.94. The number of thiol groups is 1. The van der Waals surface area contributed by atoms with Gasteiger partial charge in [0, 0.05) is 17.4 Å². The molecule has 0 aliphatic rings. The summed E-state index contributed by atoms with van der Waals surface area (Å²) < 4.78 is 73.5. The van der Waals surface area contributed by atoms with Crippen LogP contribution in [0.4, 0.5) is 26.3 Å². The normalized spacial score (nSPS) is 14.5. The average Bonchev–Trinajstić information content (AvgIpc) is 2.09. The fourth-order valence-electron chi connectivity index (χ4n) is 0.616. The second kappa shape index (κ2) is 7.22. The molecule has 0 fully saturated rings. The van der Waals surface area contributed by atoms with Gasteiger partial charge in [0.25, 0.3) is 0 Å². The van der Waals surface area contributed by atoms with Crippen molar-refractivity contribution in [3.63, 3.8) is 0 Å². The van der Waals surface area contributed by atoms with Crippen molar-refractivity contribution < 1.29 is 43.7 Å². The van der Waals surface area contributed by atoms with E-state index in [9.17, 15) is 26.3 Å². The van der Waals surface area contributed by atoms with Gasteiger partial charge in [0.15, 0.2) is 0 Å². The van der Waals surface area contributed by atoms with Crippen molar-refractivity contribution in [1.29, 1.82) is 0 Å². The molecule has 9 heteroatoms. The average molecular weight is 335 g/mol. The Morgan fingerprint density at radius 1 is 1.12 bits per heavy atom. The topological polar surface area (TPSA) is 0 Å². The van der Waals surface area contributed by atoms with E-state index < -0.39 is 22.2 Å². The number of thioether (sulfide) groups is 1. The summed E-state index contributed by atoms with van der Waals surface area (Å²) in [6.45, 7) is 2.90. The van der Waals surface area contributed by atoms with Crippen LogP contribution in [0.2, 0.25) is 0 Å². The summed E-state index contributed by atoms with van der Waals surface area (Å²) in [6.07, 6.45) is -9.88. The van der Waals surface area contributed by atoms with Crippen LogP contribution < -0.4 is 0 Å². The Hall–Kier alpha value is 0.552. The Kier molecular flexibility index (Phi) is 8.44. The minimum absolute atomic E-state index is 0. The van der Waals surface area contributed by atoms with Crippen LogP contribution in [0.25, 0.3) is 0 Å². The molecule has 0 saturated carbocycles. The van der Waals surface area contributed by atoms with Gasteiger partial charge in [-0.05, 0) is 0 Å². The van der Waals surface area contributed by atoms with Gasteiger partial charge < -0.3 is 11.8 Å². The SMILES string of the molecule is CC[C-](C)S/C(=C(\S)C(F)(F)F)C(F)(F)F.[Cr]. The van der Waals surface area contributed by atoms with E-state index in [0.717, 1.165) is 0 Å². The van der Waals surface area contributed by atoms with Crippen molar-refractivity contribution in [2.24, 2.45) is 0 Å². The first-order valence-electron chi connectivity index (χ1n) is 4.08. The van der Waals surface area contributed by atoms with Gasteiger partial charge in [-0.1, -0.05) is 6.92 Å². The molecule has 0 aliphatic heterocycles. The van der Waals surface area contributed by atoms with Gasteiger partial charge in [-0.15, -0.1) is 12.6 Å². The second-order valence-electron chi connectivity index (χ2n) is 2.83. The van der Waals surface area contributed by atoms with E-state index in [1.165, 1.54) is 6.92 Å². The van der Waals surface area contributed by atoms with Gasteiger partial charge in [-0.25, -0.2) is 0 Å². The third-order valence-corrected chi connectivity index (χ3v) is 3.42. The summed E-state index contributed by atoms with van der Waals surface area (Å²) >= 11 is 2.97. The quantitative estimate of drug-likeness (QED) is 0.433. The molecule has 17 heavy (non-hydrogen) atoms. The molecule has 0 aliphatic carbocycles. The van der Waals surface area contributed by atoms with E-state index in [2.05, 4.69) is 12.6 Å². The smallest absolute Gasteiger partial charge is 0.308 e. The second-order valence-corrected chi connectivity index (χ2v) is 4.59. The van der Waals surface area contributed by atoms with E-state index >= 15 is 0 Å². The molecule has 0 N–H and O–H groups in total. The maximum Gasteiger partial charge on any atom is 0.423 e. The van der Waals surface area contributed by atoms with Crippen LogP contribution in [0.15, 0.2) is 9.81 Å². The van der Waals surface area contributed by atoms with Crippen LogP contribution in [0.5, 0.6) is 0 Å². The third-order valence-electron chi connectivity index (χ3n) is 1.52. The Morgan fingerprint density at radius 3 is 1.76 bits per heavy atom. The van der Waals surface area contributed by atoms with E-state index in [0.29, 0.717) is 0 Å². The molecule has 0 nitrogen and oxygen atoms in total. The molecular formula is C8H9CrF6S2-. The van der Waals surface area contributed by atoms with E-state index in [4.69, 9.17) is 0 Å². The van der Waals surface area contributed by atoms with Gasteiger partial charge in [0.2, 0.25) is 0 Å². The van der Waals surface area contributed by atoms with Crippen LogP contribution in [-0.2, 0) is 17.4 Å². The number of hydrogen-bond acceptors (Lipinski definition) is 2. The van der Waals surface area contributed by atoms with Crippen molar-refractivity contribution >= 4 is 24.4 Å². The molecule has 0 aromatic heterocycles. The number of rotatable bonds is 3. The zero-order valence-electron chi connectivity index (χ0n) is 8.74. The van der Waals surface area contributed by atoms with Crippen molar-refractivity contribution in [1.82, 2.24) is 0 Å². The van der Waals surface area contributed by atoms with Crippen molar-refractivity contribution in [3.8, 4) is 0 Å². The molecule has 0 unspecified atom stereocenters. The maximum atomic E-state index is 12.4. The van der Waals surface area contributed by atoms with Gasteiger partial charge in [0.1, 0.15) is 4.91 Å². The van der Waals surface area contributed by atoms with Crippen molar-refractivity contribution in [2.75, 3.05) is 0 Å². The first-order chi connectivity index (χ1) is 7.00. The largest absolute Gasteiger partial charge is 0.423 e. The molecular weight excluding hydrogens is 326 g/mol. The zero-order valence-corrected chi connectivity index (χ0v) is 11.7. The Morgan fingerprint density at radius 2 is 1.53 bits per heavy atom. The van der Waals surface area contributed by atoms with Crippen LogP contribution in [0.1, 0.15) is 20.3 Å². The number of halogens is 6. The summed E-state index contributed by atoms with van der Waals surface area (Å²) in [6, 6.07) is 0. The molecule has 0 heterocycles. The summed E-state index contributed by atoms with van der Waals surface area (Å²) in [5.41, 5.74) is 0. The minimum Gasteiger partial charge on any atom is -0.308 e. The fourth-order valence-corrected chi connectivity index (χ4v) is 1.70. The molecule has 0 radical (unpaired) electrons. The summed E-state index contributed by atoms with van der Waals surface area (Å²) in [5.74, 6) is 0. The minimum atomic E-state index is -5.09. The van der Waals surface area contributed by atoms with Crippen molar-refractivity contribution in [3.05, 3.63) is 15.1 Å². The summed E-state index contributed by atoms with van der Waals surface area (Å²) in [5, 5.41) is 0.239. The van der Waals surface area contributed by atoms with Crippen LogP contribution in [0, 0.1) is 5.25 Å². The van der Waals surface area contributed by atoms with Gasteiger partial charge >= 0.3 is 12.4 Å². The van der Waals surface area contributed by atoms with Crippen molar-refractivity contribution in [2.45, 2.75) is 32.6 Å².